The molecule has 3 aromatic carbocycles. The number of halogens is 2. The smallest absolute Gasteiger partial charge is 0.240 e. The van der Waals surface area contributed by atoms with Gasteiger partial charge in [-0.3, -0.25) is 9.59 Å². The number of hydrogen-bond acceptors (Lipinski definition) is 2. The lowest BCUT2D eigenvalue weighted by Gasteiger charge is -2.50. The van der Waals surface area contributed by atoms with Crippen LogP contribution in [0.4, 0.5) is 10.1 Å². The highest BCUT2D eigenvalue weighted by Crippen LogP contribution is 2.65. The first-order valence-electron chi connectivity index (χ1n) is 9.55. The zero-order valence-corrected chi connectivity index (χ0v) is 15.9. The van der Waals surface area contributed by atoms with Gasteiger partial charge < -0.3 is 0 Å². The predicted molar refractivity (Wildman–Crippen MR) is 107 cm³/mol. The van der Waals surface area contributed by atoms with Crippen LogP contribution in [0.3, 0.4) is 0 Å². The fraction of sp³-hybridized carbons (Fsp3) is 0.167. The Labute approximate surface area is 171 Å². The minimum atomic E-state index is -1.15. The van der Waals surface area contributed by atoms with E-state index in [0.717, 1.165) is 27.2 Å². The first kappa shape index (κ1) is 16.9. The molecular formula is C24H15ClFNO2. The highest BCUT2D eigenvalue weighted by Gasteiger charge is 2.68. The summed E-state index contributed by atoms with van der Waals surface area (Å²) in [6, 6.07) is 21.4. The molecule has 2 amide bonds. The van der Waals surface area contributed by atoms with Crippen molar-refractivity contribution in [2.24, 2.45) is 11.8 Å². The number of rotatable bonds is 1. The van der Waals surface area contributed by atoms with Crippen LogP contribution in [-0.2, 0) is 14.5 Å². The highest BCUT2D eigenvalue weighted by atomic mass is 35.5. The molecule has 3 nitrogen and oxygen atoms in total. The molecule has 29 heavy (non-hydrogen) atoms. The van der Waals surface area contributed by atoms with Gasteiger partial charge in [0.1, 0.15) is 10.7 Å². The van der Waals surface area contributed by atoms with Crippen LogP contribution in [0, 0.1) is 17.7 Å². The van der Waals surface area contributed by atoms with Crippen LogP contribution in [0.2, 0.25) is 0 Å². The number of alkyl halides is 1. The second-order valence-corrected chi connectivity index (χ2v) is 8.43. The van der Waals surface area contributed by atoms with E-state index in [-0.39, 0.29) is 17.5 Å². The van der Waals surface area contributed by atoms with Gasteiger partial charge in [0.05, 0.1) is 17.5 Å². The van der Waals surface area contributed by atoms with Gasteiger partial charge in [-0.05, 0) is 34.4 Å². The second kappa shape index (κ2) is 5.55. The van der Waals surface area contributed by atoms with Gasteiger partial charge in [-0.1, -0.05) is 60.7 Å². The summed E-state index contributed by atoms with van der Waals surface area (Å²) in [5.41, 5.74) is 3.66. The van der Waals surface area contributed by atoms with Gasteiger partial charge in [-0.25, -0.2) is 9.29 Å². The summed E-state index contributed by atoms with van der Waals surface area (Å²) in [4.78, 5) is 27.0. The fourth-order valence-corrected chi connectivity index (χ4v) is 6.12. The monoisotopic (exact) mass is 403 g/mol. The fourth-order valence-electron chi connectivity index (χ4n) is 5.55. The number of hydrogen-bond donors (Lipinski definition) is 0. The number of carbonyl (C=O) groups is 2. The highest BCUT2D eigenvalue weighted by molar-refractivity contribution is 6.33. The number of carbonyl (C=O) groups excluding carboxylic acids is 2. The molecule has 2 atom stereocenters. The molecule has 1 heterocycles. The standard InChI is InChI=1S/C24H15ClFNO2/c25-24-15-9-3-1-7-13(15)19(14-8-2-4-10-16(14)24)20-21(24)23(29)27(22(20)28)18-12-6-5-11-17(18)26/h1-12,19-21H/t19?,20-,21+,24?/m0/s1. The Balaban J connectivity index is 1.64. The number of nitrogens with zero attached hydrogens (tertiary/aromatic N) is 1. The summed E-state index contributed by atoms with van der Waals surface area (Å²) in [5.74, 6) is -3.12. The quantitative estimate of drug-likeness (QED) is 0.441. The number of anilines is 1. The molecule has 1 saturated heterocycles. The summed E-state index contributed by atoms with van der Waals surface area (Å²) in [7, 11) is 0. The lowest BCUT2D eigenvalue weighted by atomic mass is 9.54. The zero-order chi connectivity index (χ0) is 19.9. The second-order valence-electron chi connectivity index (χ2n) is 7.83. The van der Waals surface area contributed by atoms with Gasteiger partial charge >= 0.3 is 0 Å². The Kier molecular flexibility index (Phi) is 3.24. The maximum absolute atomic E-state index is 14.5. The molecule has 0 N–H and O–H groups in total. The van der Waals surface area contributed by atoms with Crippen LogP contribution >= 0.6 is 11.6 Å². The Morgan fingerprint density at radius 2 is 1.34 bits per heavy atom. The van der Waals surface area contributed by atoms with Crippen molar-refractivity contribution < 1.29 is 14.0 Å². The van der Waals surface area contributed by atoms with E-state index < -0.39 is 28.4 Å². The van der Waals surface area contributed by atoms with E-state index in [2.05, 4.69) is 0 Å². The molecule has 4 aliphatic rings. The SMILES string of the molecule is O=C1[C@H]2C3c4ccccc4C(Cl)(c4ccccc43)[C@H]2C(=O)N1c1ccccc1F. The van der Waals surface area contributed by atoms with Crippen molar-refractivity contribution in [2.75, 3.05) is 4.90 Å². The van der Waals surface area contributed by atoms with E-state index in [1.54, 1.807) is 6.07 Å². The van der Waals surface area contributed by atoms with Crippen molar-refractivity contribution in [2.45, 2.75) is 10.8 Å². The Morgan fingerprint density at radius 1 is 0.793 bits per heavy atom. The lowest BCUT2D eigenvalue weighted by molar-refractivity contribution is -0.122. The van der Waals surface area contributed by atoms with Gasteiger partial charge in [0.25, 0.3) is 0 Å². The number of benzene rings is 3. The molecule has 0 spiro atoms. The average Bonchev–Trinajstić information content (AvgIpc) is 3.01. The molecule has 3 aromatic rings. The van der Waals surface area contributed by atoms with E-state index in [1.807, 2.05) is 48.5 Å². The minimum absolute atomic E-state index is 0.00956. The molecule has 5 heteroatoms. The normalized spacial score (nSPS) is 28.9. The van der Waals surface area contributed by atoms with Crippen molar-refractivity contribution in [1.82, 2.24) is 0 Å². The molecule has 1 fully saturated rings. The summed E-state index contributed by atoms with van der Waals surface area (Å²) >= 11 is 7.32. The van der Waals surface area contributed by atoms with E-state index in [1.165, 1.54) is 18.2 Å². The van der Waals surface area contributed by atoms with Crippen molar-refractivity contribution >= 4 is 29.1 Å². The molecule has 7 rings (SSSR count). The number of para-hydroxylation sites is 1. The molecule has 0 radical (unpaired) electrons. The summed E-state index contributed by atoms with van der Waals surface area (Å²) in [6.45, 7) is 0. The Morgan fingerprint density at radius 3 is 1.97 bits per heavy atom. The molecule has 142 valence electrons. The minimum Gasteiger partial charge on any atom is -0.274 e. The molecule has 0 aromatic heterocycles. The predicted octanol–water partition coefficient (Wildman–Crippen LogP) is 4.57. The third-order valence-corrected chi connectivity index (χ3v) is 7.25. The van der Waals surface area contributed by atoms with Crippen LogP contribution in [0.25, 0.3) is 0 Å². The van der Waals surface area contributed by atoms with Crippen molar-refractivity contribution in [1.29, 1.82) is 0 Å². The topological polar surface area (TPSA) is 37.4 Å². The summed E-state index contributed by atoms with van der Waals surface area (Å²) < 4.78 is 14.5. The van der Waals surface area contributed by atoms with Crippen LogP contribution in [0.5, 0.6) is 0 Å². The molecular weight excluding hydrogens is 389 g/mol. The molecule has 0 unspecified atom stereocenters. The maximum Gasteiger partial charge on any atom is 0.240 e. The van der Waals surface area contributed by atoms with Crippen molar-refractivity contribution in [3.63, 3.8) is 0 Å². The number of imide groups is 1. The average molecular weight is 404 g/mol. The zero-order valence-electron chi connectivity index (χ0n) is 15.2. The maximum atomic E-state index is 14.5. The van der Waals surface area contributed by atoms with Crippen LogP contribution in [-0.4, -0.2) is 11.8 Å². The van der Waals surface area contributed by atoms with Gasteiger partial charge in [-0.2, -0.15) is 0 Å². The van der Waals surface area contributed by atoms with E-state index in [4.69, 9.17) is 11.6 Å². The lowest BCUT2D eigenvalue weighted by Crippen LogP contribution is -2.50. The van der Waals surface area contributed by atoms with Crippen LogP contribution < -0.4 is 4.90 Å². The van der Waals surface area contributed by atoms with Crippen LogP contribution in [0.1, 0.15) is 28.2 Å². The third kappa shape index (κ3) is 1.88. The van der Waals surface area contributed by atoms with Gasteiger partial charge in [0.15, 0.2) is 0 Å². The molecule has 2 bridgehead atoms. The summed E-state index contributed by atoms with van der Waals surface area (Å²) in [6.07, 6.45) is 0. The molecule has 3 aliphatic carbocycles. The van der Waals surface area contributed by atoms with Crippen molar-refractivity contribution in [3.8, 4) is 0 Å². The third-order valence-electron chi connectivity index (χ3n) is 6.61. The van der Waals surface area contributed by atoms with E-state index in [9.17, 15) is 14.0 Å². The Bertz CT molecular complexity index is 1180. The van der Waals surface area contributed by atoms with E-state index in [0.29, 0.717) is 0 Å². The van der Waals surface area contributed by atoms with Gasteiger partial charge in [-0.15, -0.1) is 11.6 Å². The largest absolute Gasteiger partial charge is 0.274 e. The van der Waals surface area contributed by atoms with Gasteiger partial charge in [0, 0.05) is 5.92 Å². The van der Waals surface area contributed by atoms with Crippen LogP contribution in [0.15, 0.2) is 72.8 Å². The first-order valence-corrected chi connectivity index (χ1v) is 9.93. The van der Waals surface area contributed by atoms with E-state index >= 15 is 0 Å². The first-order chi connectivity index (χ1) is 14.0. The Hall–Kier alpha value is -2.98. The molecule has 1 aliphatic heterocycles. The molecule has 0 saturated carbocycles. The summed E-state index contributed by atoms with van der Waals surface area (Å²) in [5, 5.41) is 0. The van der Waals surface area contributed by atoms with Crippen molar-refractivity contribution in [3.05, 3.63) is 101 Å². The van der Waals surface area contributed by atoms with Gasteiger partial charge in [0.2, 0.25) is 11.8 Å². The number of amides is 2.